The molecule has 2 aromatic carbocycles. The lowest BCUT2D eigenvalue weighted by molar-refractivity contribution is 0.955. The molecular weight excluding hydrogens is 288 g/mol. The summed E-state index contributed by atoms with van der Waals surface area (Å²) in [6, 6.07) is 13.6. The molecule has 5 heteroatoms. The van der Waals surface area contributed by atoms with Crippen LogP contribution in [-0.4, -0.2) is 19.2 Å². The van der Waals surface area contributed by atoms with Crippen molar-refractivity contribution in [2.75, 3.05) is 0 Å². The van der Waals surface area contributed by atoms with Crippen LogP contribution in [0, 0.1) is 20.8 Å². The van der Waals surface area contributed by atoms with E-state index in [2.05, 4.69) is 16.3 Å². The van der Waals surface area contributed by atoms with Gasteiger partial charge in [0.1, 0.15) is 5.82 Å². The van der Waals surface area contributed by atoms with Crippen molar-refractivity contribution in [3.63, 3.8) is 0 Å². The van der Waals surface area contributed by atoms with Crippen molar-refractivity contribution in [2.45, 2.75) is 20.8 Å². The summed E-state index contributed by atoms with van der Waals surface area (Å²) in [5.41, 5.74) is 3.78. The average Bonchev–Trinajstić information content (AvgIpc) is 2.91. The van der Waals surface area contributed by atoms with Gasteiger partial charge in [-0.2, -0.15) is 0 Å². The first-order valence-electron chi connectivity index (χ1n) is 7.51. The second kappa shape index (κ2) is 4.78. The van der Waals surface area contributed by atoms with Crippen LogP contribution in [0.5, 0.6) is 0 Å². The highest BCUT2D eigenvalue weighted by Gasteiger charge is 2.16. The molecule has 0 bridgehead atoms. The van der Waals surface area contributed by atoms with Gasteiger partial charge in [0.15, 0.2) is 0 Å². The molecule has 0 N–H and O–H groups in total. The summed E-state index contributed by atoms with van der Waals surface area (Å²) < 4.78 is 3.58. The van der Waals surface area contributed by atoms with Gasteiger partial charge in [0.2, 0.25) is 5.78 Å². The molecule has 114 valence electrons. The summed E-state index contributed by atoms with van der Waals surface area (Å²) in [5, 5.41) is 9.07. The number of aromatic nitrogens is 4. The van der Waals surface area contributed by atoms with Crippen molar-refractivity contribution in [1.82, 2.24) is 19.2 Å². The lowest BCUT2D eigenvalue weighted by atomic mass is 10.1. The van der Waals surface area contributed by atoms with Gasteiger partial charge in [-0.3, -0.25) is 9.20 Å². The fourth-order valence-corrected chi connectivity index (χ4v) is 3.11. The number of rotatable bonds is 1. The predicted molar refractivity (Wildman–Crippen MR) is 90.3 cm³/mol. The summed E-state index contributed by atoms with van der Waals surface area (Å²) in [7, 11) is 0. The van der Waals surface area contributed by atoms with Gasteiger partial charge in [0, 0.05) is 0 Å². The Morgan fingerprint density at radius 3 is 2.52 bits per heavy atom. The first-order chi connectivity index (χ1) is 11.1. The van der Waals surface area contributed by atoms with E-state index in [1.165, 1.54) is 0 Å². The number of para-hydroxylation sites is 1. The zero-order valence-corrected chi connectivity index (χ0v) is 13.2. The molecule has 0 fully saturated rings. The van der Waals surface area contributed by atoms with Crippen molar-refractivity contribution < 1.29 is 0 Å². The van der Waals surface area contributed by atoms with Gasteiger partial charge in [-0.05, 0) is 44.5 Å². The number of hydrogen-bond acceptors (Lipinski definition) is 3. The van der Waals surface area contributed by atoms with Gasteiger partial charge in [0.25, 0.3) is 5.56 Å². The van der Waals surface area contributed by atoms with Crippen LogP contribution in [0.3, 0.4) is 0 Å². The highest BCUT2D eigenvalue weighted by Crippen LogP contribution is 2.20. The monoisotopic (exact) mass is 304 g/mol. The normalized spacial score (nSPS) is 11.4. The smallest absolute Gasteiger partial charge is 0.267 e. The molecule has 0 radical (unpaired) electrons. The molecule has 0 spiro atoms. The molecule has 0 aliphatic heterocycles. The van der Waals surface area contributed by atoms with Gasteiger partial charge in [0.05, 0.1) is 16.6 Å². The number of fused-ring (bicyclic) bond motifs is 3. The topological polar surface area (TPSA) is 52.2 Å². The van der Waals surface area contributed by atoms with Gasteiger partial charge in [-0.15, -0.1) is 10.2 Å². The van der Waals surface area contributed by atoms with Crippen LogP contribution in [0.15, 0.2) is 47.3 Å². The molecule has 23 heavy (non-hydrogen) atoms. The van der Waals surface area contributed by atoms with Crippen molar-refractivity contribution in [2.24, 2.45) is 0 Å². The van der Waals surface area contributed by atoms with E-state index >= 15 is 0 Å². The van der Waals surface area contributed by atoms with Crippen LogP contribution in [-0.2, 0) is 0 Å². The molecule has 4 aromatic rings. The molecule has 0 saturated carbocycles. The molecule has 2 heterocycles. The van der Waals surface area contributed by atoms with Crippen LogP contribution in [0.1, 0.15) is 17.0 Å². The Bertz CT molecular complexity index is 1120. The maximum Gasteiger partial charge on any atom is 0.267 e. The summed E-state index contributed by atoms with van der Waals surface area (Å²) in [6.45, 7) is 5.93. The third kappa shape index (κ3) is 1.90. The van der Waals surface area contributed by atoms with Crippen molar-refractivity contribution >= 4 is 16.7 Å². The van der Waals surface area contributed by atoms with Gasteiger partial charge in [-0.25, -0.2) is 4.57 Å². The molecule has 5 nitrogen and oxygen atoms in total. The van der Waals surface area contributed by atoms with Crippen LogP contribution >= 0.6 is 0 Å². The predicted octanol–water partition coefficient (Wildman–Crippen LogP) is 2.96. The summed E-state index contributed by atoms with van der Waals surface area (Å²) >= 11 is 0. The van der Waals surface area contributed by atoms with Crippen LogP contribution in [0.25, 0.3) is 22.4 Å². The maximum absolute atomic E-state index is 13.1. The molecular formula is C18H16N4O. The molecule has 0 aliphatic rings. The van der Waals surface area contributed by atoms with E-state index in [0.717, 1.165) is 28.2 Å². The molecule has 2 aromatic heterocycles. The Morgan fingerprint density at radius 2 is 1.74 bits per heavy atom. The number of benzene rings is 2. The minimum Gasteiger partial charge on any atom is -0.268 e. The fourth-order valence-electron chi connectivity index (χ4n) is 3.11. The van der Waals surface area contributed by atoms with Crippen molar-refractivity contribution in [3.05, 3.63) is 69.8 Å². The Morgan fingerprint density at radius 1 is 0.957 bits per heavy atom. The Hall–Kier alpha value is -2.95. The van der Waals surface area contributed by atoms with Crippen LogP contribution in [0.4, 0.5) is 0 Å². The maximum atomic E-state index is 13.1. The third-order valence-electron chi connectivity index (χ3n) is 4.18. The second-order valence-corrected chi connectivity index (χ2v) is 5.83. The van der Waals surface area contributed by atoms with Crippen LogP contribution in [0.2, 0.25) is 0 Å². The van der Waals surface area contributed by atoms with Gasteiger partial charge in [-0.1, -0.05) is 29.8 Å². The zero-order valence-electron chi connectivity index (χ0n) is 13.2. The third-order valence-corrected chi connectivity index (χ3v) is 4.18. The van der Waals surface area contributed by atoms with E-state index in [-0.39, 0.29) is 5.56 Å². The molecule has 4 rings (SSSR count). The number of aryl methyl sites for hydroxylation is 3. The van der Waals surface area contributed by atoms with E-state index in [0.29, 0.717) is 11.2 Å². The van der Waals surface area contributed by atoms with E-state index in [4.69, 9.17) is 0 Å². The summed E-state index contributed by atoms with van der Waals surface area (Å²) in [6.07, 6.45) is 0. The SMILES string of the molecule is Cc1ccc(-n2c(=O)c3ccccc3n3c(C)nnc23)c(C)c1. The Kier molecular flexibility index (Phi) is 2.84. The van der Waals surface area contributed by atoms with Gasteiger partial charge < -0.3 is 0 Å². The van der Waals surface area contributed by atoms with E-state index < -0.39 is 0 Å². The molecule has 0 unspecified atom stereocenters. The number of nitrogens with zero attached hydrogens (tertiary/aromatic N) is 4. The first-order valence-corrected chi connectivity index (χ1v) is 7.51. The molecule has 0 aliphatic carbocycles. The van der Waals surface area contributed by atoms with E-state index in [9.17, 15) is 4.79 Å². The Balaban J connectivity index is 2.26. The fraction of sp³-hybridized carbons (Fsp3) is 0.167. The first kappa shape index (κ1) is 13.7. The quantitative estimate of drug-likeness (QED) is 0.543. The van der Waals surface area contributed by atoms with Crippen LogP contribution < -0.4 is 5.56 Å². The second-order valence-electron chi connectivity index (χ2n) is 5.83. The van der Waals surface area contributed by atoms with E-state index in [1.54, 1.807) is 4.57 Å². The molecule has 0 amide bonds. The highest BCUT2D eigenvalue weighted by molar-refractivity contribution is 5.81. The standard InChI is InChI=1S/C18H16N4O/c1-11-8-9-15(12(2)10-11)22-17(23)14-6-4-5-7-16(14)21-13(3)19-20-18(21)22/h4-10H,1-3H3. The van der Waals surface area contributed by atoms with E-state index in [1.807, 2.05) is 61.6 Å². The van der Waals surface area contributed by atoms with Crippen molar-refractivity contribution in [1.29, 1.82) is 0 Å². The Labute approximate surface area is 132 Å². The summed E-state index contributed by atoms with van der Waals surface area (Å²) in [4.78, 5) is 13.1. The number of hydrogen-bond donors (Lipinski definition) is 0. The lowest BCUT2D eigenvalue weighted by Crippen LogP contribution is -2.22. The molecule has 0 atom stereocenters. The summed E-state index contributed by atoms with van der Waals surface area (Å²) in [5.74, 6) is 1.30. The largest absolute Gasteiger partial charge is 0.268 e. The highest BCUT2D eigenvalue weighted by atomic mass is 16.1. The zero-order chi connectivity index (χ0) is 16.1. The minimum absolute atomic E-state index is 0.0764. The minimum atomic E-state index is -0.0764. The average molecular weight is 304 g/mol. The lowest BCUT2D eigenvalue weighted by Gasteiger charge is -2.13. The van der Waals surface area contributed by atoms with Gasteiger partial charge >= 0.3 is 0 Å². The van der Waals surface area contributed by atoms with Crippen molar-refractivity contribution in [3.8, 4) is 5.69 Å². The molecule has 0 saturated heterocycles.